The molecule has 0 aromatic carbocycles. The summed E-state index contributed by atoms with van der Waals surface area (Å²) in [5.74, 6) is -0.278. The van der Waals surface area contributed by atoms with Crippen molar-refractivity contribution >= 4 is 5.91 Å². The van der Waals surface area contributed by atoms with Crippen LogP contribution in [0.2, 0.25) is 0 Å². The maximum absolute atomic E-state index is 10.9. The van der Waals surface area contributed by atoms with Crippen molar-refractivity contribution in [1.29, 1.82) is 0 Å². The molecule has 11 heavy (non-hydrogen) atoms. The lowest BCUT2D eigenvalue weighted by atomic mass is 10.2. The number of amides is 1. The van der Waals surface area contributed by atoms with Gasteiger partial charge in [0.1, 0.15) is 0 Å². The summed E-state index contributed by atoms with van der Waals surface area (Å²) >= 11 is 0. The molecule has 0 spiro atoms. The minimum Gasteiger partial charge on any atom is -0.389 e. The van der Waals surface area contributed by atoms with Gasteiger partial charge < -0.3 is 5.11 Å². The van der Waals surface area contributed by atoms with Gasteiger partial charge >= 0.3 is 0 Å². The van der Waals surface area contributed by atoms with Crippen LogP contribution >= 0.6 is 0 Å². The van der Waals surface area contributed by atoms with Gasteiger partial charge in [-0.3, -0.25) is 9.63 Å². The van der Waals surface area contributed by atoms with E-state index in [0.717, 1.165) is 5.06 Å². The second kappa shape index (κ2) is 4.87. The van der Waals surface area contributed by atoms with Gasteiger partial charge in [-0.15, -0.1) is 6.58 Å². The molecule has 4 nitrogen and oxygen atoms in total. The van der Waals surface area contributed by atoms with E-state index in [4.69, 9.17) is 5.11 Å². The molecule has 0 bridgehead atoms. The first kappa shape index (κ1) is 10.1. The summed E-state index contributed by atoms with van der Waals surface area (Å²) in [6.07, 6.45) is 0.523. The maximum atomic E-state index is 10.9. The van der Waals surface area contributed by atoms with E-state index in [2.05, 4.69) is 11.4 Å². The molecule has 1 atom stereocenters. The van der Waals surface area contributed by atoms with Crippen LogP contribution < -0.4 is 0 Å². The monoisotopic (exact) mass is 159 g/mol. The Labute approximate surface area is 66.0 Å². The van der Waals surface area contributed by atoms with Crippen LogP contribution in [0, 0.1) is 0 Å². The van der Waals surface area contributed by atoms with Crippen molar-refractivity contribution < 1.29 is 14.7 Å². The fourth-order valence-corrected chi connectivity index (χ4v) is 0.493. The first-order valence-corrected chi connectivity index (χ1v) is 3.23. The highest BCUT2D eigenvalue weighted by molar-refractivity contribution is 5.75. The topological polar surface area (TPSA) is 49.8 Å². The zero-order valence-corrected chi connectivity index (χ0v) is 6.78. The predicted molar refractivity (Wildman–Crippen MR) is 40.6 cm³/mol. The van der Waals surface area contributed by atoms with Gasteiger partial charge in [0.15, 0.2) is 0 Å². The summed E-state index contributed by atoms with van der Waals surface area (Å²) in [5.41, 5.74) is 0. The molecule has 0 aliphatic carbocycles. The van der Waals surface area contributed by atoms with Crippen LogP contribution in [0.3, 0.4) is 0 Å². The molecule has 0 unspecified atom stereocenters. The van der Waals surface area contributed by atoms with Crippen LogP contribution in [0.25, 0.3) is 0 Å². The van der Waals surface area contributed by atoms with E-state index in [9.17, 15) is 4.79 Å². The first-order valence-electron chi connectivity index (χ1n) is 3.23. The van der Waals surface area contributed by atoms with Crippen LogP contribution in [0.15, 0.2) is 12.7 Å². The third-order valence-electron chi connectivity index (χ3n) is 1.28. The Morgan fingerprint density at radius 1 is 1.91 bits per heavy atom. The third kappa shape index (κ3) is 3.75. The predicted octanol–water partition coefficient (Wildman–Crippen LogP) is -0.0568. The van der Waals surface area contributed by atoms with E-state index in [1.165, 1.54) is 20.2 Å². The number of carbonyl (C=O) groups excluding carboxylic acids is 1. The highest BCUT2D eigenvalue weighted by atomic mass is 16.7. The summed E-state index contributed by atoms with van der Waals surface area (Å²) in [5, 5.41) is 10.0. The minimum absolute atomic E-state index is 0.00778. The molecule has 4 heteroatoms. The number of carbonyl (C=O) groups is 1. The smallest absolute Gasteiger partial charge is 0.248 e. The molecule has 0 radical (unpaired) electrons. The summed E-state index contributed by atoms with van der Waals surface area (Å²) < 4.78 is 0. The molecule has 1 N–H and O–H groups in total. The van der Waals surface area contributed by atoms with Crippen molar-refractivity contribution in [2.45, 2.75) is 12.5 Å². The second-order valence-corrected chi connectivity index (χ2v) is 2.08. The van der Waals surface area contributed by atoms with Crippen molar-refractivity contribution in [2.24, 2.45) is 0 Å². The molecule has 0 fully saturated rings. The zero-order chi connectivity index (χ0) is 8.85. The number of hydrogen-bond acceptors (Lipinski definition) is 3. The van der Waals surface area contributed by atoms with Crippen LogP contribution in [0.4, 0.5) is 0 Å². The maximum Gasteiger partial charge on any atom is 0.248 e. The van der Waals surface area contributed by atoms with Crippen LogP contribution in [0.5, 0.6) is 0 Å². The average Bonchev–Trinajstić information content (AvgIpc) is 2.02. The normalized spacial score (nSPS) is 12.3. The first-order chi connectivity index (χ1) is 5.11. The van der Waals surface area contributed by atoms with Crippen molar-refractivity contribution in [3.8, 4) is 0 Å². The lowest BCUT2D eigenvalue weighted by Gasteiger charge is -2.14. The molecule has 0 rings (SSSR count). The van der Waals surface area contributed by atoms with E-state index < -0.39 is 6.10 Å². The van der Waals surface area contributed by atoms with Crippen molar-refractivity contribution in [2.75, 3.05) is 14.2 Å². The fourth-order valence-electron chi connectivity index (χ4n) is 0.493. The van der Waals surface area contributed by atoms with Crippen LogP contribution in [-0.4, -0.2) is 36.3 Å². The molecule has 0 aliphatic rings. The second-order valence-electron chi connectivity index (χ2n) is 2.08. The van der Waals surface area contributed by atoms with Gasteiger partial charge in [-0.05, 0) is 0 Å². The largest absolute Gasteiger partial charge is 0.389 e. The quantitative estimate of drug-likeness (QED) is 0.462. The van der Waals surface area contributed by atoms with Gasteiger partial charge in [0.05, 0.1) is 19.6 Å². The lowest BCUT2D eigenvalue weighted by molar-refractivity contribution is -0.170. The third-order valence-corrected chi connectivity index (χ3v) is 1.28. The Morgan fingerprint density at radius 3 is 2.82 bits per heavy atom. The van der Waals surface area contributed by atoms with Gasteiger partial charge in [-0.25, -0.2) is 5.06 Å². The minimum atomic E-state index is -0.792. The van der Waals surface area contributed by atoms with Gasteiger partial charge in [0, 0.05) is 7.05 Å². The van der Waals surface area contributed by atoms with Crippen LogP contribution in [0.1, 0.15) is 6.42 Å². The Morgan fingerprint density at radius 2 is 2.45 bits per heavy atom. The molecule has 0 saturated carbocycles. The molecule has 1 amide bonds. The van der Waals surface area contributed by atoms with Gasteiger partial charge in [0.25, 0.3) is 0 Å². The van der Waals surface area contributed by atoms with E-state index in [0.29, 0.717) is 0 Å². The number of hydrogen-bond donors (Lipinski definition) is 1. The van der Waals surface area contributed by atoms with Gasteiger partial charge in [-0.1, -0.05) is 6.08 Å². The Hall–Kier alpha value is -0.870. The average molecular weight is 159 g/mol. The highest BCUT2D eigenvalue weighted by Crippen LogP contribution is 1.96. The summed E-state index contributed by atoms with van der Waals surface area (Å²) in [4.78, 5) is 15.5. The SMILES string of the molecule is C=C[C@H](O)CC(=O)N(C)OC. The summed E-state index contributed by atoms with van der Waals surface area (Å²) in [6.45, 7) is 3.34. The Balaban J connectivity index is 3.76. The van der Waals surface area contributed by atoms with Gasteiger partial charge in [0.2, 0.25) is 5.91 Å². The molecule has 0 aromatic rings. The number of hydroxylamine groups is 2. The number of nitrogens with zero attached hydrogens (tertiary/aromatic N) is 1. The van der Waals surface area contributed by atoms with Crippen molar-refractivity contribution in [3.63, 3.8) is 0 Å². The molecule has 0 saturated heterocycles. The molecule has 0 heterocycles. The molecule has 0 aliphatic heterocycles. The van der Waals surface area contributed by atoms with Crippen LogP contribution in [-0.2, 0) is 9.63 Å². The lowest BCUT2D eigenvalue weighted by Crippen LogP contribution is -2.28. The Kier molecular flexibility index (Phi) is 4.49. The highest BCUT2D eigenvalue weighted by Gasteiger charge is 2.11. The zero-order valence-electron chi connectivity index (χ0n) is 6.78. The molecular formula is C7H13NO3. The molecule has 0 aromatic heterocycles. The number of aliphatic hydroxyl groups is 1. The van der Waals surface area contributed by atoms with Crippen molar-refractivity contribution in [3.05, 3.63) is 12.7 Å². The molecule has 64 valence electrons. The van der Waals surface area contributed by atoms with E-state index >= 15 is 0 Å². The fraction of sp³-hybridized carbons (Fsp3) is 0.571. The number of rotatable bonds is 4. The van der Waals surface area contributed by atoms with E-state index in [1.807, 2.05) is 0 Å². The summed E-state index contributed by atoms with van der Waals surface area (Å²) in [6, 6.07) is 0. The number of aliphatic hydroxyl groups excluding tert-OH is 1. The standard InChI is InChI=1S/C7H13NO3/c1-4-6(9)5-7(10)8(2)11-3/h4,6,9H,1,5H2,2-3H3/t6-/m0/s1. The summed E-state index contributed by atoms with van der Waals surface area (Å²) in [7, 11) is 2.87. The van der Waals surface area contributed by atoms with E-state index in [-0.39, 0.29) is 12.3 Å². The van der Waals surface area contributed by atoms with Crippen molar-refractivity contribution in [1.82, 2.24) is 5.06 Å². The molecular weight excluding hydrogens is 146 g/mol. The van der Waals surface area contributed by atoms with Gasteiger partial charge in [-0.2, -0.15) is 0 Å². The van der Waals surface area contributed by atoms with E-state index in [1.54, 1.807) is 0 Å². The Bertz CT molecular complexity index is 147.